The van der Waals surface area contributed by atoms with Gasteiger partial charge in [-0.05, 0) is 20.0 Å². The first kappa shape index (κ1) is 18.0. The van der Waals surface area contributed by atoms with E-state index in [9.17, 15) is 0 Å². The second-order valence-electron chi connectivity index (χ2n) is 5.68. The van der Waals surface area contributed by atoms with Crippen LogP contribution in [-0.2, 0) is 4.74 Å². The van der Waals surface area contributed by atoms with E-state index in [0.717, 1.165) is 64.0 Å². The summed E-state index contributed by atoms with van der Waals surface area (Å²) in [5.41, 5.74) is 6.12. The van der Waals surface area contributed by atoms with Crippen LogP contribution in [0.1, 0.15) is 6.42 Å². The van der Waals surface area contributed by atoms with Crippen LogP contribution in [0.25, 0.3) is 0 Å². The number of anilines is 1. The topological polar surface area (TPSA) is 70.2 Å². The summed E-state index contributed by atoms with van der Waals surface area (Å²) >= 11 is 1.69. The number of thiazole rings is 1. The van der Waals surface area contributed by atoms with E-state index in [0.29, 0.717) is 5.96 Å². The van der Waals surface area contributed by atoms with E-state index in [-0.39, 0.29) is 0 Å². The van der Waals surface area contributed by atoms with E-state index in [2.05, 4.69) is 31.7 Å². The molecule has 0 aromatic carbocycles. The largest absolute Gasteiger partial charge is 0.383 e. The van der Waals surface area contributed by atoms with Crippen molar-refractivity contribution in [1.29, 1.82) is 0 Å². The van der Waals surface area contributed by atoms with E-state index in [4.69, 9.17) is 10.5 Å². The Kier molecular flexibility index (Phi) is 7.57. The van der Waals surface area contributed by atoms with Gasteiger partial charge in [-0.3, -0.25) is 4.99 Å². The molecule has 8 heteroatoms. The average molecular weight is 340 g/mol. The molecule has 1 aliphatic heterocycles. The van der Waals surface area contributed by atoms with Gasteiger partial charge in [0.2, 0.25) is 0 Å². The Balaban J connectivity index is 1.65. The van der Waals surface area contributed by atoms with Gasteiger partial charge in [0.15, 0.2) is 11.1 Å². The number of ether oxygens (including phenoxy) is 1. The van der Waals surface area contributed by atoms with Crippen LogP contribution in [0.4, 0.5) is 5.13 Å². The Labute approximate surface area is 142 Å². The average Bonchev–Trinajstić information content (AvgIpc) is 3.11. The zero-order chi connectivity index (χ0) is 16.5. The fourth-order valence-electron chi connectivity index (χ4n) is 2.49. The minimum atomic E-state index is 0.670. The van der Waals surface area contributed by atoms with Gasteiger partial charge in [-0.2, -0.15) is 0 Å². The van der Waals surface area contributed by atoms with Crippen molar-refractivity contribution in [3.8, 4) is 0 Å². The van der Waals surface area contributed by atoms with Crippen LogP contribution in [-0.4, -0.2) is 87.3 Å². The molecule has 0 spiro atoms. The first-order valence-corrected chi connectivity index (χ1v) is 8.95. The molecule has 2 rings (SSSR count). The normalized spacial score (nSPS) is 16.4. The molecule has 2 N–H and O–H groups in total. The lowest BCUT2D eigenvalue weighted by molar-refractivity contribution is 0.161. The highest BCUT2D eigenvalue weighted by atomic mass is 32.1. The van der Waals surface area contributed by atoms with Crippen molar-refractivity contribution in [3.63, 3.8) is 0 Å². The summed E-state index contributed by atoms with van der Waals surface area (Å²) < 4.78 is 5.07. The molecular weight excluding hydrogens is 312 g/mol. The number of likely N-dealkylation sites (N-methyl/N-ethyl adjacent to an activating group) is 1. The number of hydrogen-bond donors (Lipinski definition) is 1. The highest BCUT2D eigenvalue weighted by Crippen LogP contribution is 2.18. The number of nitrogens with zero attached hydrogens (tertiary/aromatic N) is 5. The molecule has 7 nitrogen and oxygen atoms in total. The highest BCUT2D eigenvalue weighted by molar-refractivity contribution is 7.13. The predicted molar refractivity (Wildman–Crippen MR) is 96.4 cm³/mol. The molecule has 1 aliphatic rings. The molecule has 23 heavy (non-hydrogen) atoms. The smallest absolute Gasteiger partial charge is 0.191 e. The van der Waals surface area contributed by atoms with Crippen LogP contribution in [0.5, 0.6) is 0 Å². The van der Waals surface area contributed by atoms with Crippen LogP contribution in [0, 0.1) is 0 Å². The summed E-state index contributed by atoms with van der Waals surface area (Å²) in [5.74, 6) is 0.670. The van der Waals surface area contributed by atoms with Gasteiger partial charge in [0.1, 0.15) is 0 Å². The molecule has 0 atom stereocenters. The van der Waals surface area contributed by atoms with Gasteiger partial charge in [0.05, 0.1) is 6.61 Å². The Morgan fingerprint density at radius 3 is 2.83 bits per heavy atom. The first-order chi connectivity index (χ1) is 11.2. The van der Waals surface area contributed by atoms with Crippen LogP contribution < -0.4 is 10.6 Å². The van der Waals surface area contributed by atoms with Gasteiger partial charge >= 0.3 is 0 Å². The predicted octanol–water partition coefficient (Wildman–Crippen LogP) is 0.548. The molecule has 1 fully saturated rings. The second kappa shape index (κ2) is 9.69. The molecule has 0 amide bonds. The maximum Gasteiger partial charge on any atom is 0.191 e. The first-order valence-electron chi connectivity index (χ1n) is 8.07. The summed E-state index contributed by atoms with van der Waals surface area (Å²) in [4.78, 5) is 15.6. The lowest BCUT2D eigenvalue weighted by atomic mass is 10.3. The van der Waals surface area contributed by atoms with Gasteiger partial charge in [-0.15, -0.1) is 11.3 Å². The minimum Gasteiger partial charge on any atom is -0.383 e. The lowest BCUT2D eigenvalue weighted by Crippen LogP contribution is -2.51. The number of aromatic nitrogens is 1. The zero-order valence-corrected chi connectivity index (χ0v) is 15.0. The highest BCUT2D eigenvalue weighted by Gasteiger charge is 2.19. The quantitative estimate of drug-likeness (QED) is 0.423. The number of hydrogen-bond acceptors (Lipinski definition) is 6. The van der Waals surface area contributed by atoms with E-state index >= 15 is 0 Å². The third-order valence-electron chi connectivity index (χ3n) is 3.94. The zero-order valence-electron chi connectivity index (χ0n) is 14.1. The molecular formula is C15H28N6OS. The monoisotopic (exact) mass is 340 g/mol. The van der Waals surface area contributed by atoms with Gasteiger partial charge < -0.3 is 25.2 Å². The molecule has 0 bridgehead atoms. The molecule has 0 saturated carbocycles. The Morgan fingerprint density at radius 1 is 1.39 bits per heavy atom. The summed E-state index contributed by atoms with van der Waals surface area (Å²) in [7, 11) is 3.83. The van der Waals surface area contributed by atoms with Crippen molar-refractivity contribution < 1.29 is 4.74 Å². The maximum absolute atomic E-state index is 6.12. The van der Waals surface area contributed by atoms with E-state index in [1.165, 1.54) is 0 Å². The molecule has 1 saturated heterocycles. The van der Waals surface area contributed by atoms with Gasteiger partial charge in [-0.1, -0.05) is 0 Å². The van der Waals surface area contributed by atoms with Gasteiger partial charge in [-0.25, -0.2) is 4.98 Å². The maximum atomic E-state index is 6.12. The third-order valence-corrected chi connectivity index (χ3v) is 4.77. The number of methoxy groups -OCH3 is 1. The van der Waals surface area contributed by atoms with E-state index in [1.807, 2.05) is 11.6 Å². The summed E-state index contributed by atoms with van der Waals surface area (Å²) in [6.45, 7) is 7.21. The molecule has 0 aliphatic carbocycles. The molecule has 2 heterocycles. The molecule has 0 unspecified atom stereocenters. The van der Waals surface area contributed by atoms with Crippen molar-refractivity contribution in [1.82, 2.24) is 14.8 Å². The number of nitrogens with two attached hydrogens (primary N) is 1. The second-order valence-corrected chi connectivity index (χ2v) is 6.55. The van der Waals surface area contributed by atoms with Crippen LogP contribution in [0.2, 0.25) is 0 Å². The Morgan fingerprint density at radius 2 is 2.17 bits per heavy atom. The number of aliphatic imine (C=N–C) groups is 1. The summed E-state index contributed by atoms with van der Waals surface area (Å²) in [6.07, 6.45) is 2.87. The standard InChI is InChI=1S/C15H28N6OS/c1-19(11-12-22-2)6-3-4-17-14(16)20-7-9-21(10-8-20)15-18-5-13-23-15/h5,13H,3-4,6-12H2,1-2H3,(H2,16,17). The van der Waals surface area contributed by atoms with Crippen LogP contribution >= 0.6 is 11.3 Å². The fourth-order valence-corrected chi connectivity index (χ4v) is 3.19. The summed E-state index contributed by atoms with van der Waals surface area (Å²) in [5, 5.41) is 3.11. The van der Waals surface area contributed by atoms with Gasteiger partial charge in [0, 0.05) is 58.0 Å². The van der Waals surface area contributed by atoms with Crippen LogP contribution in [0.15, 0.2) is 16.6 Å². The van der Waals surface area contributed by atoms with Crippen molar-refractivity contribution in [2.24, 2.45) is 10.7 Å². The lowest BCUT2D eigenvalue weighted by Gasteiger charge is -2.35. The number of rotatable bonds is 8. The Hall–Kier alpha value is -1.38. The number of guanidine groups is 1. The van der Waals surface area contributed by atoms with Gasteiger partial charge in [0.25, 0.3) is 0 Å². The van der Waals surface area contributed by atoms with Crippen molar-refractivity contribution in [2.75, 3.05) is 71.5 Å². The van der Waals surface area contributed by atoms with E-state index in [1.54, 1.807) is 18.4 Å². The SMILES string of the molecule is COCCN(C)CCCN=C(N)N1CCN(c2nccs2)CC1. The van der Waals surface area contributed by atoms with Crippen LogP contribution in [0.3, 0.4) is 0 Å². The Bertz CT molecular complexity index is 459. The van der Waals surface area contributed by atoms with E-state index < -0.39 is 0 Å². The number of piperazine rings is 1. The minimum absolute atomic E-state index is 0.670. The fraction of sp³-hybridized carbons (Fsp3) is 0.733. The molecule has 0 radical (unpaired) electrons. The molecule has 1 aromatic heterocycles. The van der Waals surface area contributed by atoms with Crippen molar-refractivity contribution in [3.05, 3.63) is 11.6 Å². The molecule has 1 aromatic rings. The molecule has 130 valence electrons. The summed E-state index contributed by atoms with van der Waals surface area (Å²) in [6, 6.07) is 0. The third kappa shape index (κ3) is 5.96. The van der Waals surface area contributed by atoms with Crippen molar-refractivity contribution >= 4 is 22.4 Å². The van der Waals surface area contributed by atoms with Crippen molar-refractivity contribution in [2.45, 2.75) is 6.42 Å².